The molecule has 3 aliphatic heterocycles. The number of nitrogens with zero attached hydrogens (tertiary/aromatic N) is 5. The lowest BCUT2D eigenvalue weighted by molar-refractivity contribution is -0.192. The molecule has 5 heterocycles. The van der Waals surface area contributed by atoms with Crippen molar-refractivity contribution in [1.82, 2.24) is 19.8 Å². The van der Waals surface area contributed by atoms with Gasteiger partial charge < -0.3 is 29.0 Å². The van der Waals surface area contributed by atoms with E-state index in [2.05, 4.69) is 14.9 Å². The predicted octanol–water partition coefficient (Wildman–Crippen LogP) is 1.92. The number of carbonyl (C=O) groups is 3. The Kier molecular flexibility index (Phi) is 8.19. The number of halogens is 3. The van der Waals surface area contributed by atoms with Crippen LogP contribution in [0.15, 0.2) is 41.3 Å². The molecule has 0 radical (unpaired) electrons. The van der Waals surface area contributed by atoms with E-state index in [9.17, 15) is 22.8 Å². The highest BCUT2D eigenvalue weighted by Crippen LogP contribution is 2.45. The third-order valence-electron chi connectivity index (χ3n) is 7.01. The molecule has 0 unspecified atom stereocenters. The molecule has 0 saturated carbocycles. The van der Waals surface area contributed by atoms with E-state index >= 15 is 0 Å². The molecule has 14 heteroatoms. The van der Waals surface area contributed by atoms with Crippen LogP contribution >= 0.6 is 0 Å². The van der Waals surface area contributed by atoms with Crippen molar-refractivity contribution < 1.29 is 41.8 Å². The van der Waals surface area contributed by atoms with E-state index in [1.807, 2.05) is 9.80 Å². The number of carboxylic acid groups (broad SMARTS) is 1. The van der Waals surface area contributed by atoms with Gasteiger partial charge in [0, 0.05) is 57.6 Å². The number of alkyl halides is 3. The predicted molar refractivity (Wildman–Crippen MR) is 125 cm³/mol. The van der Waals surface area contributed by atoms with Crippen molar-refractivity contribution in [1.29, 1.82) is 0 Å². The Morgan fingerprint density at radius 1 is 1.03 bits per heavy atom. The first-order valence-electron chi connectivity index (χ1n) is 12.1. The maximum Gasteiger partial charge on any atom is 0.490 e. The van der Waals surface area contributed by atoms with E-state index in [1.165, 1.54) is 6.26 Å². The van der Waals surface area contributed by atoms with E-state index < -0.39 is 17.6 Å². The topological polar surface area (TPSA) is 129 Å². The van der Waals surface area contributed by atoms with Gasteiger partial charge in [0.25, 0.3) is 5.91 Å². The summed E-state index contributed by atoms with van der Waals surface area (Å²) in [6, 6.07) is 5.20. The second kappa shape index (κ2) is 11.4. The van der Waals surface area contributed by atoms with Crippen molar-refractivity contribution in [2.75, 3.05) is 57.4 Å². The molecule has 11 nitrogen and oxygen atoms in total. The number of ether oxygens (including phenoxy) is 1. The quantitative estimate of drug-likeness (QED) is 0.622. The van der Waals surface area contributed by atoms with Crippen molar-refractivity contribution in [2.24, 2.45) is 11.3 Å². The fourth-order valence-electron chi connectivity index (χ4n) is 5.21. The van der Waals surface area contributed by atoms with Crippen molar-refractivity contribution in [3.63, 3.8) is 0 Å². The average Bonchev–Trinajstić information content (AvgIpc) is 3.54. The van der Waals surface area contributed by atoms with Gasteiger partial charge in [-0.2, -0.15) is 13.2 Å². The normalized spacial score (nSPS) is 23.7. The Morgan fingerprint density at radius 2 is 1.71 bits per heavy atom. The third kappa shape index (κ3) is 5.90. The minimum Gasteiger partial charge on any atom is -0.475 e. The average molecular weight is 540 g/mol. The molecular formula is C24H28F3N5O6. The molecule has 3 fully saturated rings. The van der Waals surface area contributed by atoms with Gasteiger partial charge in [0.2, 0.25) is 11.9 Å². The number of morpholine rings is 1. The molecule has 1 N–H and O–H groups in total. The van der Waals surface area contributed by atoms with E-state index in [0.717, 1.165) is 12.8 Å². The first-order valence-corrected chi connectivity index (χ1v) is 12.1. The number of likely N-dealkylation sites (tertiary alicyclic amines) is 1. The molecule has 0 aliphatic carbocycles. The number of aliphatic carboxylic acids is 1. The summed E-state index contributed by atoms with van der Waals surface area (Å²) in [7, 11) is 0. The Labute approximate surface area is 216 Å². The van der Waals surface area contributed by atoms with Crippen LogP contribution < -0.4 is 4.90 Å². The lowest BCUT2D eigenvalue weighted by Gasteiger charge is -2.38. The van der Waals surface area contributed by atoms with Crippen LogP contribution in [0, 0.1) is 11.3 Å². The molecule has 2 aromatic rings. The van der Waals surface area contributed by atoms with Crippen LogP contribution in [-0.2, 0) is 14.3 Å². The zero-order valence-electron chi connectivity index (χ0n) is 20.5. The molecular weight excluding hydrogens is 511 g/mol. The summed E-state index contributed by atoms with van der Waals surface area (Å²) in [6.07, 6.45) is 1.38. The number of amides is 2. The summed E-state index contributed by atoms with van der Waals surface area (Å²) in [4.78, 5) is 50.5. The van der Waals surface area contributed by atoms with Gasteiger partial charge in [-0.15, -0.1) is 0 Å². The van der Waals surface area contributed by atoms with Crippen LogP contribution in [0.25, 0.3) is 0 Å². The summed E-state index contributed by atoms with van der Waals surface area (Å²) >= 11 is 0. The molecule has 3 saturated heterocycles. The minimum atomic E-state index is -5.08. The maximum absolute atomic E-state index is 13.9. The van der Waals surface area contributed by atoms with E-state index in [4.69, 9.17) is 19.1 Å². The van der Waals surface area contributed by atoms with Crippen LogP contribution in [0.5, 0.6) is 0 Å². The Morgan fingerprint density at radius 3 is 2.32 bits per heavy atom. The number of rotatable bonds is 3. The smallest absolute Gasteiger partial charge is 0.475 e. The lowest BCUT2D eigenvalue weighted by atomic mass is 9.73. The summed E-state index contributed by atoms with van der Waals surface area (Å²) in [6.45, 7) is 4.72. The van der Waals surface area contributed by atoms with Gasteiger partial charge in [-0.1, -0.05) is 0 Å². The minimum absolute atomic E-state index is 0.00642. The molecule has 2 amide bonds. The number of anilines is 1. The summed E-state index contributed by atoms with van der Waals surface area (Å²) in [5, 5.41) is 7.12. The summed E-state index contributed by atoms with van der Waals surface area (Å²) in [5.74, 6) is -1.73. The van der Waals surface area contributed by atoms with Gasteiger partial charge in [-0.05, 0) is 31.0 Å². The van der Waals surface area contributed by atoms with Gasteiger partial charge in [0.1, 0.15) is 0 Å². The molecule has 2 atom stereocenters. The largest absolute Gasteiger partial charge is 0.490 e. The van der Waals surface area contributed by atoms with Crippen molar-refractivity contribution >= 4 is 23.7 Å². The molecule has 0 spiro atoms. The summed E-state index contributed by atoms with van der Waals surface area (Å²) < 4.78 is 42.5. The number of aromatic nitrogens is 2. The SMILES string of the molecule is O=C(O)C(F)(F)F.O=C(c1ccco1)N1CCC[C@]2(C(=O)N3CCOCC3)CN(c3ncccn3)C[C@@H]2C1. The van der Waals surface area contributed by atoms with Gasteiger partial charge in [-0.3, -0.25) is 9.59 Å². The number of furan rings is 1. The van der Waals surface area contributed by atoms with Crippen molar-refractivity contribution in [3.05, 3.63) is 42.6 Å². The molecule has 0 bridgehead atoms. The summed E-state index contributed by atoms with van der Waals surface area (Å²) in [5.41, 5.74) is -0.561. The monoisotopic (exact) mass is 539 g/mol. The van der Waals surface area contributed by atoms with Gasteiger partial charge in [-0.25, -0.2) is 14.8 Å². The standard InChI is InChI=1S/C22H27N5O4.C2HF3O2/c28-19(18-4-1-11-31-18)26-8-2-5-22(20(29)25-9-12-30-13-10-25)16-27(15-17(22)14-26)21-23-6-3-7-24-21;3-2(4,5)1(6)7/h1,3-4,6-7,11,17H,2,5,8-10,12-16H2;(H,6,7)/t17-,22-;/m0./s1. The fraction of sp³-hybridized carbons (Fsp3) is 0.542. The van der Waals surface area contributed by atoms with Crippen LogP contribution in [0.2, 0.25) is 0 Å². The number of hydrogen-bond donors (Lipinski definition) is 1. The zero-order valence-corrected chi connectivity index (χ0v) is 20.5. The van der Waals surface area contributed by atoms with Gasteiger partial charge >= 0.3 is 12.1 Å². The van der Waals surface area contributed by atoms with Crippen LogP contribution in [0.3, 0.4) is 0 Å². The van der Waals surface area contributed by atoms with Crippen LogP contribution in [0.4, 0.5) is 19.1 Å². The number of hydrogen-bond acceptors (Lipinski definition) is 8. The van der Waals surface area contributed by atoms with Crippen LogP contribution in [0.1, 0.15) is 23.4 Å². The molecule has 206 valence electrons. The van der Waals surface area contributed by atoms with E-state index in [0.29, 0.717) is 64.2 Å². The number of carboxylic acids is 1. The maximum atomic E-state index is 13.9. The van der Waals surface area contributed by atoms with Crippen LogP contribution in [-0.4, -0.2) is 101 Å². The second-order valence-corrected chi connectivity index (χ2v) is 9.32. The van der Waals surface area contributed by atoms with Crippen molar-refractivity contribution in [3.8, 4) is 0 Å². The second-order valence-electron chi connectivity index (χ2n) is 9.32. The first-order chi connectivity index (χ1) is 18.1. The van der Waals surface area contributed by atoms with Gasteiger partial charge in [0.15, 0.2) is 5.76 Å². The van der Waals surface area contributed by atoms with E-state index in [1.54, 1.807) is 30.6 Å². The van der Waals surface area contributed by atoms with Crippen molar-refractivity contribution in [2.45, 2.75) is 19.0 Å². The molecule has 38 heavy (non-hydrogen) atoms. The zero-order chi connectivity index (χ0) is 27.3. The highest BCUT2D eigenvalue weighted by atomic mass is 19.4. The third-order valence-corrected chi connectivity index (χ3v) is 7.01. The Bertz CT molecular complexity index is 1110. The van der Waals surface area contributed by atoms with Gasteiger partial charge in [0.05, 0.1) is 24.9 Å². The first kappa shape index (κ1) is 27.4. The highest BCUT2D eigenvalue weighted by Gasteiger charge is 2.55. The Hall–Kier alpha value is -3.68. The highest BCUT2D eigenvalue weighted by molar-refractivity contribution is 5.92. The number of fused-ring (bicyclic) bond motifs is 1. The molecule has 0 aromatic carbocycles. The fourth-order valence-corrected chi connectivity index (χ4v) is 5.21. The molecule has 5 rings (SSSR count). The van der Waals surface area contributed by atoms with E-state index in [-0.39, 0.29) is 17.7 Å². The Balaban J connectivity index is 0.000000426. The lowest BCUT2D eigenvalue weighted by Crippen LogP contribution is -2.53. The molecule has 3 aliphatic rings. The number of carbonyl (C=O) groups excluding carboxylic acids is 2. The molecule has 2 aromatic heterocycles.